The number of nitrogens with zero attached hydrogens (tertiary/aromatic N) is 1. The quantitative estimate of drug-likeness (QED) is 0.635. The van der Waals surface area contributed by atoms with Gasteiger partial charge in [-0.15, -0.1) is 0 Å². The molecule has 2 aromatic rings. The van der Waals surface area contributed by atoms with E-state index in [4.69, 9.17) is 0 Å². The molecule has 6 heteroatoms. The van der Waals surface area contributed by atoms with Crippen molar-refractivity contribution in [3.8, 4) is 0 Å². The maximum atomic E-state index is 13.7. The second-order valence-corrected chi connectivity index (χ2v) is 7.83. The summed E-state index contributed by atoms with van der Waals surface area (Å²) < 4.78 is 13.7. The van der Waals surface area contributed by atoms with E-state index in [0.29, 0.717) is 18.2 Å². The first kappa shape index (κ1) is 21.0. The first-order valence-corrected chi connectivity index (χ1v) is 10.0. The summed E-state index contributed by atoms with van der Waals surface area (Å²) in [6.07, 6.45) is 1.62. The number of nitrogens with one attached hydrogen (secondary N) is 2. The third kappa shape index (κ3) is 6.12. The molecule has 0 radical (unpaired) electrons. The van der Waals surface area contributed by atoms with Crippen molar-refractivity contribution in [1.29, 1.82) is 0 Å². The summed E-state index contributed by atoms with van der Waals surface area (Å²) in [5, 5.41) is 5.60. The zero-order valence-corrected chi connectivity index (χ0v) is 17.0. The number of carbonyl (C=O) groups is 2. The summed E-state index contributed by atoms with van der Waals surface area (Å²) in [4.78, 5) is 26.9. The lowest BCUT2D eigenvalue weighted by atomic mass is 10.1. The normalized spacial score (nSPS) is 17.8. The fourth-order valence-corrected chi connectivity index (χ4v) is 3.35. The topological polar surface area (TPSA) is 61.4 Å². The van der Waals surface area contributed by atoms with E-state index in [1.807, 2.05) is 32.2 Å². The Bertz CT molecular complexity index is 856. The van der Waals surface area contributed by atoms with Crippen molar-refractivity contribution in [3.63, 3.8) is 0 Å². The molecule has 1 aliphatic carbocycles. The lowest BCUT2D eigenvalue weighted by molar-refractivity contribution is -0.117. The summed E-state index contributed by atoms with van der Waals surface area (Å²) in [5.41, 5.74) is 1.75. The molecule has 2 amide bonds. The van der Waals surface area contributed by atoms with Crippen LogP contribution in [0.3, 0.4) is 0 Å². The van der Waals surface area contributed by atoms with Gasteiger partial charge in [0.15, 0.2) is 0 Å². The molecule has 2 atom stereocenters. The molecule has 29 heavy (non-hydrogen) atoms. The van der Waals surface area contributed by atoms with Crippen molar-refractivity contribution >= 4 is 17.5 Å². The van der Waals surface area contributed by atoms with Gasteiger partial charge in [0.2, 0.25) is 5.91 Å². The Morgan fingerprint density at radius 1 is 1.17 bits per heavy atom. The van der Waals surface area contributed by atoms with Gasteiger partial charge in [-0.3, -0.25) is 9.59 Å². The number of halogens is 1. The molecular weight excluding hydrogens is 369 g/mol. The fourth-order valence-electron chi connectivity index (χ4n) is 3.35. The van der Waals surface area contributed by atoms with E-state index in [2.05, 4.69) is 27.7 Å². The van der Waals surface area contributed by atoms with E-state index in [1.165, 1.54) is 23.8 Å². The molecule has 5 nitrogen and oxygen atoms in total. The minimum Gasteiger partial charge on any atom is -0.352 e. The monoisotopic (exact) mass is 397 g/mol. The van der Waals surface area contributed by atoms with Crippen LogP contribution in [0.2, 0.25) is 0 Å². The fraction of sp³-hybridized carbons (Fsp3) is 0.391. The van der Waals surface area contributed by atoms with Crippen LogP contribution in [-0.2, 0) is 11.3 Å². The van der Waals surface area contributed by atoms with E-state index in [1.54, 1.807) is 0 Å². The number of amides is 2. The molecule has 1 aliphatic rings. The van der Waals surface area contributed by atoms with Crippen molar-refractivity contribution in [2.75, 3.05) is 25.5 Å². The Kier molecular flexibility index (Phi) is 6.99. The molecule has 2 N–H and O–H groups in total. The van der Waals surface area contributed by atoms with Gasteiger partial charge in [0.25, 0.3) is 5.91 Å². The van der Waals surface area contributed by atoms with Crippen molar-refractivity contribution < 1.29 is 14.0 Å². The summed E-state index contributed by atoms with van der Waals surface area (Å²) >= 11 is 0. The number of benzene rings is 2. The third-order valence-corrected chi connectivity index (χ3v) is 5.23. The minimum absolute atomic E-state index is 0.0175. The van der Waals surface area contributed by atoms with Crippen LogP contribution in [0.1, 0.15) is 35.7 Å². The average Bonchev–Trinajstić information content (AvgIpc) is 3.44. The number of hydrogen-bond donors (Lipinski definition) is 2. The van der Waals surface area contributed by atoms with Crippen LogP contribution < -0.4 is 10.6 Å². The predicted octanol–water partition coefficient (Wildman–Crippen LogP) is 3.67. The van der Waals surface area contributed by atoms with Crippen LogP contribution in [0.5, 0.6) is 0 Å². The molecule has 1 fully saturated rings. The Labute approximate surface area is 171 Å². The maximum absolute atomic E-state index is 13.7. The van der Waals surface area contributed by atoms with E-state index in [9.17, 15) is 14.0 Å². The van der Waals surface area contributed by atoms with Gasteiger partial charge < -0.3 is 15.5 Å². The zero-order chi connectivity index (χ0) is 20.8. The highest BCUT2D eigenvalue weighted by Crippen LogP contribution is 2.38. The highest BCUT2D eigenvalue weighted by molar-refractivity contribution is 6.04. The lowest BCUT2D eigenvalue weighted by Gasteiger charge is -2.17. The molecule has 0 saturated heterocycles. The molecule has 0 spiro atoms. The summed E-state index contributed by atoms with van der Waals surface area (Å²) in [7, 11) is 2.04. The maximum Gasteiger partial charge on any atom is 0.253 e. The van der Waals surface area contributed by atoms with E-state index >= 15 is 0 Å². The smallest absolute Gasteiger partial charge is 0.253 e. The highest BCUT2D eigenvalue weighted by Gasteiger charge is 2.39. The molecule has 0 heterocycles. The second kappa shape index (κ2) is 9.65. The average molecular weight is 397 g/mol. The lowest BCUT2D eigenvalue weighted by Crippen LogP contribution is -2.29. The van der Waals surface area contributed by atoms with Gasteiger partial charge in [0.05, 0.1) is 11.3 Å². The Hall–Kier alpha value is -2.73. The standard InChI is InChI=1S/C23H28FN3O2/c1-16-13-19(16)23(29)26-21-10-9-18(24)14-20(21)22(28)25-11-6-12-27(2)15-17-7-4-3-5-8-17/h3-5,7-10,14,16,19H,6,11-13,15H2,1-2H3,(H,25,28)(H,26,29). The Morgan fingerprint density at radius 2 is 1.90 bits per heavy atom. The Balaban J connectivity index is 1.48. The van der Waals surface area contributed by atoms with Crippen LogP contribution in [0.15, 0.2) is 48.5 Å². The van der Waals surface area contributed by atoms with Crippen LogP contribution in [0.4, 0.5) is 10.1 Å². The number of rotatable bonds is 9. The van der Waals surface area contributed by atoms with Gasteiger partial charge in [-0.2, -0.15) is 0 Å². The van der Waals surface area contributed by atoms with Crippen molar-refractivity contribution in [2.45, 2.75) is 26.3 Å². The molecule has 2 unspecified atom stereocenters. The van der Waals surface area contributed by atoms with Gasteiger partial charge >= 0.3 is 0 Å². The first-order chi connectivity index (χ1) is 13.9. The van der Waals surface area contributed by atoms with E-state index in [0.717, 1.165) is 25.9 Å². The van der Waals surface area contributed by atoms with Gasteiger partial charge in [-0.05, 0) is 56.1 Å². The van der Waals surface area contributed by atoms with Gasteiger partial charge in [-0.1, -0.05) is 37.3 Å². The van der Waals surface area contributed by atoms with Crippen molar-refractivity contribution in [1.82, 2.24) is 10.2 Å². The first-order valence-electron chi connectivity index (χ1n) is 10.0. The number of carbonyl (C=O) groups excluding carboxylic acids is 2. The van der Waals surface area contributed by atoms with Crippen LogP contribution in [0.25, 0.3) is 0 Å². The number of anilines is 1. The Morgan fingerprint density at radius 3 is 2.59 bits per heavy atom. The van der Waals surface area contributed by atoms with E-state index < -0.39 is 5.82 Å². The largest absolute Gasteiger partial charge is 0.352 e. The molecule has 1 saturated carbocycles. The summed E-state index contributed by atoms with van der Waals surface area (Å²) in [6, 6.07) is 14.1. The van der Waals surface area contributed by atoms with Gasteiger partial charge in [0.1, 0.15) is 5.82 Å². The predicted molar refractivity (Wildman–Crippen MR) is 112 cm³/mol. The summed E-state index contributed by atoms with van der Waals surface area (Å²) in [6.45, 7) is 4.15. The molecule has 2 aromatic carbocycles. The SMILES string of the molecule is CC1CC1C(=O)Nc1ccc(F)cc1C(=O)NCCCN(C)Cc1ccccc1. The molecule has 3 rings (SSSR count). The van der Waals surface area contributed by atoms with Crippen molar-refractivity contribution in [3.05, 3.63) is 65.5 Å². The molecule has 0 aromatic heterocycles. The minimum atomic E-state index is -0.504. The van der Waals surface area contributed by atoms with Crippen LogP contribution in [0, 0.1) is 17.7 Å². The molecule has 0 bridgehead atoms. The molecule has 0 aliphatic heterocycles. The zero-order valence-electron chi connectivity index (χ0n) is 17.0. The van der Waals surface area contributed by atoms with Crippen LogP contribution in [-0.4, -0.2) is 36.9 Å². The molecular formula is C23H28FN3O2. The van der Waals surface area contributed by atoms with Gasteiger partial charge in [0, 0.05) is 19.0 Å². The third-order valence-electron chi connectivity index (χ3n) is 5.23. The second-order valence-electron chi connectivity index (χ2n) is 7.83. The van der Waals surface area contributed by atoms with Crippen molar-refractivity contribution in [2.24, 2.45) is 11.8 Å². The molecule has 154 valence electrons. The highest BCUT2D eigenvalue weighted by atomic mass is 19.1. The number of hydrogen-bond acceptors (Lipinski definition) is 3. The summed E-state index contributed by atoms with van der Waals surface area (Å²) in [5.74, 6) is -0.651. The van der Waals surface area contributed by atoms with Gasteiger partial charge in [-0.25, -0.2) is 4.39 Å². The van der Waals surface area contributed by atoms with Crippen LogP contribution >= 0.6 is 0 Å². The van der Waals surface area contributed by atoms with E-state index in [-0.39, 0.29) is 23.3 Å².